The van der Waals surface area contributed by atoms with E-state index in [0.29, 0.717) is 5.69 Å². The number of nitrogens with zero attached hydrogens (tertiary/aromatic N) is 4. The fourth-order valence-electron chi connectivity index (χ4n) is 2.08. The van der Waals surface area contributed by atoms with Gasteiger partial charge < -0.3 is 0 Å². The van der Waals surface area contributed by atoms with Gasteiger partial charge in [-0.3, -0.25) is 14.7 Å². The fraction of sp³-hybridized carbons (Fsp3) is 0. The van der Waals surface area contributed by atoms with Gasteiger partial charge in [0, 0.05) is 12.1 Å². The molecule has 0 aliphatic rings. The van der Waals surface area contributed by atoms with E-state index in [9.17, 15) is 18.5 Å². The van der Waals surface area contributed by atoms with Crippen molar-refractivity contribution in [1.82, 2.24) is 14.8 Å². The van der Waals surface area contributed by atoms with Crippen molar-refractivity contribution in [1.29, 1.82) is 0 Å². The Hall–Kier alpha value is -2.98. The van der Waals surface area contributed by atoms with Gasteiger partial charge in [0.05, 0.1) is 15.6 Å². The first-order chi connectivity index (χ1) is 11.9. The number of aromatic nitrogens is 3. The van der Waals surface area contributed by atoms with E-state index in [-0.39, 0.29) is 21.6 Å². The van der Waals surface area contributed by atoms with Gasteiger partial charge in [-0.05, 0) is 18.2 Å². The van der Waals surface area contributed by atoms with E-state index < -0.39 is 14.9 Å². The molecule has 0 amide bonds. The zero-order chi connectivity index (χ0) is 18.0. The molecule has 9 nitrogen and oxygen atoms in total. The molecule has 0 aliphatic carbocycles. The second-order valence-corrected chi connectivity index (χ2v) is 6.90. The molecule has 25 heavy (non-hydrogen) atoms. The summed E-state index contributed by atoms with van der Waals surface area (Å²) in [5.41, 5.74) is 0.344. The highest BCUT2D eigenvalue weighted by Gasteiger charge is 2.23. The highest BCUT2D eigenvalue weighted by atomic mass is 35.5. The number of nitro benzene ring substituents is 1. The molecule has 3 rings (SSSR count). The summed E-state index contributed by atoms with van der Waals surface area (Å²) in [6, 6.07) is 12.0. The van der Waals surface area contributed by atoms with Crippen LogP contribution in [0.4, 0.5) is 11.6 Å². The van der Waals surface area contributed by atoms with E-state index in [1.165, 1.54) is 10.9 Å². The lowest BCUT2D eigenvalue weighted by molar-refractivity contribution is -0.384. The van der Waals surface area contributed by atoms with Crippen molar-refractivity contribution in [3.05, 3.63) is 70.0 Å². The van der Waals surface area contributed by atoms with Gasteiger partial charge in [0.1, 0.15) is 11.2 Å². The third-order valence-electron chi connectivity index (χ3n) is 3.22. The molecule has 0 unspecified atom stereocenters. The third-order valence-corrected chi connectivity index (χ3v) is 5.03. The molecule has 1 heterocycles. The molecule has 1 aromatic heterocycles. The molecule has 0 fully saturated rings. The van der Waals surface area contributed by atoms with Crippen molar-refractivity contribution in [2.45, 2.75) is 4.90 Å². The summed E-state index contributed by atoms with van der Waals surface area (Å²) in [4.78, 5) is 9.76. The van der Waals surface area contributed by atoms with Crippen molar-refractivity contribution in [2.75, 3.05) is 4.72 Å². The number of halogens is 1. The second kappa shape index (κ2) is 6.49. The first kappa shape index (κ1) is 16.9. The zero-order valence-corrected chi connectivity index (χ0v) is 14.0. The average molecular weight is 380 g/mol. The number of hydrogen-bond donors (Lipinski definition) is 1. The third kappa shape index (κ3) is 3.44. The molecule has 0 atom stereocenters. The van der Waals surface area contributed by atoms with Crippen molar-refractivity contribution in [3.8, 4) is 5.69 Å². The Morgan fingerprint density at radius 2 is 1.88 bits per heavy atom. The Balaban J connectivity index is 1.96. The van der Waals surface area contributed by atoms with Crippen molar-refractivity contribution in [2.24, 2.45) is 0 Å². The lowest BCUT2D eigenvalue weighted by atomic mass is 10.3. The maximum absolute atomic E-state index is 12.5. The lowest BCUT2D eigenvalue weighted by Gasteiger charge is -2.10. The fourth-order valence-corrected chi connectivity index (χ4v) is 3.61. The van der Waals surface area contributed by atoms with Gasteiger partial charge in [-0.25, -0.2) is 13.1 Å². The van der Waals surface area contributed by atoms with Crippen LogP contribution in [0.25, 0.3) is 5.69 Å². The molecule has 128 valence electrons. The number of para-hydroxylation sites is 1. The number of rotatable bonds is 5. The Morgan fingerprint density at radius 1 is 1.16 bits per heavy atom. The number of nitro groups is 1. The molecule has 0 saturated carbocycles. The van der Waals surface area contributed by atoms with Crippen LogP contribution in [0.3, 0.4) is 0 Å². The molecular formula is C14H10ClN5O4S. The maximum atomic E-state index is 12.5. The van der Waals surface area contributed by atoms with Gasteiger partial charge in [0.15, 0.2) is 0 Å². The van der Waals surface area contributed by atoms with E-state index in [2.05, 4.69) is 14.9 Å². The second-order valence-electron chi connectivity index (χ2n) is 4.84. The summed E-state index contributed by atoms with van der Waals surface area (Å²) in [6.45, 7) is 0. The minimum atomic E-state index is -4.11. The van der Waals surface area contributed by atoms with Gasteiger partial charge in [0.2, 0.25) is 5.95 Å². The van der Waals surface area contributed by atoms with E-state index >= 15 is 0 Å². The summed E-state index contributed by atoms with van der Waals surface area (Å²) in [5.74, 6) is -0.0411. The first-order valence-electron chi connectivity index (χ1n) is 6.81. The summed E-state index contributed by atoms with van der Waals surface area (Å²) in [6.07, 6.45) is 1.35. The molecule has 11 heteroatoms. The zero-order valence-electron chi connectivity index (χ0n) is 12.4. The van der Waals surface area contributed by atoms with E-state index in [0.717, 1.165) is 18.2 Å². The highest BCUT2D eigenvalue weighted by molar-refractivity contribution is 7.92. The molecule has 2 aromatic carbocycles. The summed E-state index contributed by atoms with van der Waals surface area (Å²) in [7, 11) is -4.11. The van der Waals surface area contributed by atoms with Crippen molar-refractivity contribution < 1.29 is 13.3 Å². The molecule has 0 spiro atoms. The summed E-state index contributed by atoms with van der Waals surface area (Å²) >= 11 is 5.89. The molecular weight excluding hydrogens is 370 g/mol. The van der Waals surface area contributed by atoms with Crippen LogP contribution in [0.1, 0.15) is 0 Å². The minimum Gasteiger partial charge on any atom is -0.267 e. The van der Waals surface area contributed by atoms with Crippen LogP contribution in [0.5, 0.6) is 0 Å². The molecule has 3 aromatic rings. The standard InChI is InChI=1S/C14H10ClN5O4S/c15-12-8-11(20(21)22)6-7-13(12)25(23,24)18-14-17-16-9-19(14)10-4-2-1-3-5-10/h1-9H,(H,17,18). The van der Waals surface area contributed by atoms with Gasteiger partial charge in [-0.15, -0.1) is 10.2 Å². The number of non-ortho nitro benzene ring substituents is 1. The van der Waals surface area contributed by atoms with E-state index in [1.807, 2.05) is 6.07 Å². The van der Waals surface area contributed by atoms with E-state index in [1.54, 1.807) is 24.3 Å². The summed E-state index contributed by atoms with van der Waals surface area (Å²) in [5, 5.41) is 17.9. The number of nitrogens with one attached hydrogen (secondary N) is 1. The Morgan fingerprint density at radius 3 is 2.52 bits per heavy atom. The first-order valence-corrected chi connectivity index (χ1v) is 8.67. The number of sulfonamides is 1. The summed E-state index contributed by atoms with van der Waals surface area (Å²) < 4.78 is 28.8. The Kier molecular flexibility index (Phi) is 4.38. The monoisotopic (exact) mass is 379 g/mol. The molecule has 0 aliphatic heterocycles. The van der Waals surface area contributed by atoms with Gasteiger partial charge in [-0.2, -0.15) is 0 Å². The average Bonchev–Trinajstić information content (AvgIpc) is 3.02. The molecule has 0 radical (unpaired) electrons. The SMILES string of the molecule is O=[N+]([O-])c1ccc(S(=O)(=O)Nc2nncn2-c2ccccc2)c(Cl)c1. The molecule has 0 bridgehead atoms. The smallest absolute Gasteiger partial charge is 0.267 e. The molecule has 1 N–H and O–H groups in total. The predicted molar refractivity (Wildman–Crippen MR) is 90.3 cm³/mol. The topological polar surface area (TPSA) is 120 Å². The quantitative estimate of drug-likeness (QED) is 0.537. The Bertz CT molecular complexity index is 1040. The predicted octanol–water partition coefficient (Wildman–Crippen LogP) is 2.63. The number of hydrogen-bond acceptors (Lipinski definition) is 6. The lowest BCUT2D eigenvalue weighted by Crippen LogP contribution is -2.16. The van der Waals surface area contributed by atoms with Crippen LogP contribution in [-0.2, 0) is 10.0 Å². The maximum Gasteiger partial charge on any atom is 0.271 e. The van der Waals surface area contributed by atoms with Gasteiger partial charge in [-0.1, -0.05) is 29.8 Å². The molecule has 0 saturated heterocycles. The van der Waals surface area contributed by atoms with Gasteiger partial charge in [0.25, 0.3) is 15.7 Å². The Labute approximate surface area is 147 Å². The van der Waals surface area contributed by atoms with Gasteiger partial charge >= 0.3 is 0 Å². The van der Waals surface area contributed by atoms with Crippen LogP contribution in [-0.4, -0.2) is 28.1 Å². The van der Waals surface area contributed by atoms with Crippen LogP contribution >= 0.6 is 11.6 Å². The minimum absolute atomic E-state index is 0.0411. The van der Waals surface area contributed by atoms with Crippen LogP contribution in [0, 0.1) is 10.1 Å². The normalized spacial score (nSPS) is 11.2. The number of benzene rings is 2. The van der Waals surface area contributed by atoms with Crippen LogP contribution in [0.2, 0.25) is 5.02 Å². The van der Waals surface area contributed by atoms with Crippen LogP contribution < -0.4 is 4.72 Å². The van der Waals surface area contributed by atoms with Crippen molar-refractivity contribution in [3.63, 3.8) is 0 Å². The van der Waals surface area contributed by atoms with Crippen molar-refractivity contribution >= 4 is 33.3 Å². The highest BCUT2D eigenvalue weighted by Crippen LogP contribution is 2.27. The van der Waals surface area contributed by atoms with E-state index in [4.69, 9.17) is 11.6 Å². The van der Waals surface area contributed by atoms with Crippen LogP contribution in [0.15, 0.2) is 59.8 Å². The number of anilines is 1. The largest absolute Gasteiger partial charge is 0.271 e.